The van der Waals surface area contributed by atoms with Crippen LogP contribution in [-0.4, -0.2) is 20.8 Å². The van der Waals surface area contributed by atoms with E-state index in [-0.39, 0.29) is 5.92 Å². The van der Waals surface area contributed by atoms with E-state index in [2.05, 4.69) is 43.2 Å². The van der Waals surface area contributed by atoms with Gasteiger partial charge < -0.3 is 0 Å². The Morgan fingerprint density at radius 2 is 1.76 bits per heavy atom. The molecule has 0 bridgehead atoms. The lowest BCUT2D eigenvalue weighted by Crippen LogP contribution is -2.19. The van der Waals surface area contributed by atoms with Gasteiger partial charge in [-0.2, -0.15) is 4.68 Å². The van der Waals surface area contributed by atoms with Crippen LogP contribution in [0.2, 0.25) is 0 Å². The molecule has 0 radical (unpaired) electrons. The van der Waals surface area contributed by atoms with Gasteiger partial charge in [0.1, 0.15) is 11.4 Å². The first-order valence-electron chi connectivity index (χ1n) is 7.11. The molecule has 0 aliphatic heterocycles. The van der Waals surface area contributed by atoms with Gasteiger partial charge in [-0.1, -0.05) is 48.9 Å². The third-order valence-electron chi connectivity index (χ3n) is 3.36. The Labute approximate surface area is 124 Å². The summed E-state index contributed by atoms with van der Waals surface area (Å²) in [6.07, 6.45) is 0. The van der Waals surface area contributed by atoms with Gasteiger partial charge >= 0.3 is 0 Å². The summed E-state index contributed by atoms with van der Waals surface area (Å²) in [5.74, 6) is 1.14. The van der Waals surface area contributed by atoms with Crippen LogP contribution in [0.5, 0.6) is 0 Å². The molecule has 0 saturated heterocycles. The van der Waals surface area contributed by atoms with Crippen LogP contribution in [0.25, 0.3) is 11.0 Å². The lowest BCUT2D eigenvalue weighted by molar-refractivity contribution is 0.769. The van der Waals surface area contributed by atoms with E-state index in [1.807, 2.05) is 41.1 Å². The average Bonchev–Trinajstić information content (AvgIpc) is 2.90. The Hall–Kier alpha value is -2.49. The van der Waals surface area contributed by atoms with E-state index in [9.17, 15) is 0 Å². The summed E-state index contributed by atoms with van der Waals surface area (Å²) in [4.78, 5) is 4.77. The molecule has 0 unspecified atom stereocenters. The van der Waals surface area contributed by atoms with Crippen molar-refractivity contribution in [3.05, 3.63) is 54.1 Å². The van der Waals surface area contributed by atoms with Gasteiger partial charge in [0.2, 0.25) is 0 Å². The molecule has 3 rings (SSSR count). The SMILES string of the molecule is Cc1ccc(N=C(C(C)C)n2nnc3ccccc32)cc1. The molecule has 0 saturated carbocycles. The van der Waals surface area contributed by atoms with Crippen molar-refractivity contribution in [2.45, 2.75) is 20.8 Å². The minimum atomic E-state index is 0.247. The van der Waals surface area contributed by atoms with E-state index in [1.54, 1.807) is 0 Å². The number of hydrogen-bond acceptors (Lipinski definition) is 3. The maximum Gasteiger partial charge on any atom is 0.135 e. The number of fused-ring (bicyclic) bond motifs is 1. The number of aromatic nitrogens is 3. The Morgan fingerprint density at radius 3 is 2.48 bits per heavy atom. The van der Waals surface area contributed by atoms with Crippen molar-refractivity contribution in [3.8, 4) is 0 Å². The third-order valence-corrected chi connectivity index (χ3v) is 3.36. The van der Waals surface area contributed by atoms with E-state index in [0.717, 1.165) is 22.6 Å². The van der Waals surface area contributed by atoms with Crippen molar-refractivity contribution >= 4 is 22.6 Å². The highest BCUT2D eigenvalue weighted by Crippen LogP contribution is 2.18. The van der Waals surface area contributed by atoms with Crippen molar-refractivity contribution < 1.29 is 0 Å². The zero-order valence-electron chi connectivity index (χ0n) is 12.5. The lowest BCUT2D eigenvalue weighted by atomic mass is 10.2. The van der Waals surface area contributed by atoms with Crippen LogP contribution < -0.4 is 0 Å². The standard InChI is InChI=1S/C17H18N4/c1-12(2)17(18-14-10-8-13(3)9-11-14)21-16-7-5-4-6-15(16)19-20-21/h4-12H,1-3H3. The molecular formula is C17H18N4. The van der Waals surface area contributed by atoms with Crippen LogP contribution in [0.15, 0.2) is 53.5 Å². The molecule has 0 atom stereocenters. The molecule has 0 N–H and O–H groups in total. The van der Waals surface area contributed by atoms with Gasteiger partial charge in [-0.15, -0.1) is 5.10 Å². The molecule has 21 heavy (non-hydrogen) atoms. The summed E-state index contributed by atoms with van der Waals surface area (Å²) in [5, 5.41) is 8.48. The van der Waals surface area contributed by atoms with Crippen LogP contribution in [-0.2, 0) is 0 Å². The van der Waals surface area contributed by atoms with Gasteiger partial charge in [-0.25, -0.2) is 4.99 Å². The molecule has 0 aliphatic rings. The Bertz CT molecular complexity index is 782. The third kappa shape index (κ3) is 2.70. The van der Waals surface area contributed by atoms with Crippen LogP contribution in [0.3, 0.4) is 0 Å². The molecule has 0 aliphatic carbocycles. The molecule has 0 amide bonds. The molecule has 3 aromatic rings. The van der Waals surface area contributed by atoms with Crippen molar-refractivity contribution in [3.63, 3.8) is 0 Å². The summed E-state index contributed by atoms with van der Waals surface area (Å²) in [6.45, 7) is 6.30. The molecule has 4 heteroatoms. The predicted octanol–water partition coefficient (Wildman–Crippen LogP) is 3.97. The fraction of sp³-hybridized carbons (Fsp3) is 0.235. The molecule has 4 nitrogen and oxygen atoms in total. The highest BCUT2D eigenvalue weighted by molar-refractivity contribution is 5.94. The number of aliphatic imine (C=N–C) groups is 1. The van der Waals surface area contributed by atoms with E-state index < -0.39 is 0 Å². The van der Waals surface area contributed by atoms with Gasteiger partial charge in [-0.05, 0) is 31.2 Å². The fourth-order valence-electron chi connectivity index (χ4n) is 2.21. The molecule has 2 aromatic carbocycles. The van der Waals surface area contributed by atoms with E-state index >= 15 is 0 Å². The highest BCUT2D eigenvalue weighted by Gasteiger charge is 2.13. The van der Waals surface area contributed by atoms with Gasteiger partial charge in [0.05, 0.1) is 11.2 Å². The van der Waals surface area contributed by atoms with Crippen molar-refractivity contribution in [2.24, 2.45) is 10.9 Å². The van der Waals surface area contributed by atoms with Crippen LogP contribution in [0.4, 0.5) is 5.69 Å². The number of nitrogens with zero attached hydrogens (tertiary/aromatic N) is 4. The maximum absolute atomic E-state index is 4.77. The van der Waals surface area contributed by atoms with Gasteiger partial charge in [0, 0.05) is 5.92 Å². The second-order valence-electron chi connectivity index (χ2n) is 5.45. The highest BCUT2D eigenvalue weighted by atomic mass is 15.4. The molecule has 106 valence electrons. The smallest absolute Gasteiger partial charge is 0.135 e. The zero-order chi connectivity index (χ0) is 14.8. The second-order valence-corrected chi connectivity index (χ2v) is 5.45. The Kier molecular flexibility index (Phi) is 3.52. The number of rotatable bonds is 2. The predicted molar refractivity (Wildman–Crippen MR) is 86.0 cm³/mol. The summed E-state index contributed by atoms with van der Waals surface area (Å²) < 4.78 is 1.83. The number of aryl methyl sites for hydroxylation is 1. The average molecular weight is 278 g/mol. The van der Waals surface area contributed by atoms with Crippen LogP contribution in [0.1, 0.15) is 19.4 Å². The molecule has 0 spiro atoms. The first-order valence-corrected chi connectivity index (χ1v) is 7.11. The molecular weight excluding hydrogens is 260 g/mol. The number of benzene rings is 2. The first-order chi connectivity index (χ1) is 10.1. The zero-order valence-corrected chi connectivity index (χ0v) is 12.5. The summed E-state index contributed by atoms with van der Waals surface area (Å²) in [7, 11) is 0. The fourth-order valence-corrected chi connectivity index (χ4v) is 2.21. The van der Waals surface area contributed by atoms with Crippen molar-refractivity contribution in [1.29, 1.82) is 0 Å². The number of hydrogen-bond donors (Lipinski definition) is 0. The van der Waals surface area contributed by atoms with Gasteiger partial charge in [-0.3, -0.25) is 0 Å². The van der Waals surface area contributed by atoms with Crippen molar-refractivity contribution in [1.82, 2.24) is 15.0 Å². The van der Waals surface area contributed by atoms with E-state index in [4.69, 9.17) is 4.99 Å². The molecule has 0 fully saturated rings. The Morgan fingerprint density at radius 1 is 1.05 bits per heavy atom. The maximum atomic E-state index is 4.77. The topological polar surface area (TPSA) is 43.1 Å². The molecule has 1 aromatic heterocycles. The molecule has 1 heterocycles. The quantitative estimate of drug-likeness (QED) is 0.526. The van der Waals surface area contributed by atoms with E-state index in [0.29, 0.717) is 0 Å². The van der Waals surface area contributed by atoms with E-state index in [1.165, 1.54) is 5.56 Å². The Balaban J connectivity index is 2.12. The summed E-state index contributed by atoms with van der Waals surface area (Å²) >= 11 is 0. The van der Waals surface area contributed by atoms with Crippen LogP contribution in [0, 0.1) is 12.8 Å². The van der Waals surface area contributed by atoms with Gasteiger partial charge in [0.15, 0.2) is 0 Å². The monoisotopic (exact) mass is 278 g/mol. The minimum Gasteiger partial charge on any atom is -0.233 e. The lowest BCUT2D eigenvalue weighted by Gasteiger charge is -2.10. The van der Waals surface area contributed by atoms with Crippen molar-refractivity contribution in [2.75, 3.05) is 0 Å². The largest absolute Gasteiger partial charge is 0.233 e. The van der Waals surface area contributed by atoms with Gasteiger partial charge in [0.25, 0.3) is 0 Å². The normalized spacial score (nSPS) is 12.3. The number of para-hydroxylation sites is 1. The minimum absolute atomic E-state index is 0.247. The second kappa shape index (κ2) is 5.48. The first kappa shape index (κ1) is 13.5. The van der Waals surface area contributed by atoms with Crippen LogP contribution >= 0.6 is 0 Å². The summed E-state index contributed by atoms with van der Waals surface area (Å²) in [5.41, 5.74) is 4.03. The summed E-state index contributed by atoms with van der Waals surface area (Å²) in [6, 6.07) is 16.1.